The number of carbonyl (C=O) groups excluding carboxylic acids is 1. The summed E-state index contributed by atoms with van der Waals surface area (Å²) in [5.41, 5.74) is 1.15. The maximum absolute atomic E-state index is 13.0. The number of amides is 2. The molecule has 1 N–H and O–H groups in total. The Morgan fingerprint density at radius 2 is 1.83 bits per heavy atom. The average Bonchev–Trinajstić information content (AvgIpc) is 3.21. The minimum absolute atomic E-state index is 0.0731. The highest BCUT2D eigenvalue weighted by molar-refractivity contribution is 5.89. The van der Waals surface area contributed by atoms with Crippen molar-refractivity contribution in [1.29, 1.82) is 0 Å². The Balaban J connectivity index is 1.78. The number of halogens is 3. The SMILES string of the molecule is CC(=Cc1ccccc1)CN(Cc1ccco1)C(=O)Nc1cccc(C(F)(F)F)c1. The third-order valence-electron chi connectivity index (χ3n) is 4.31. The van der Waals surface area contributed by atoms with Gasteiger partial charge in [0.2, 0.25) is 0 Å². The molecule has 0 saturated heterocycles. The molecule has 0 atom stereocenters. The highest BCUT2D eigenvalue weighted by Crippen LogP contribution is 2.30. The summed E-state index contributed by atoms with van der Waals surface area (Å²) in [6, 6.07) is 17.1. The van der Waals surface area contributed by atoms with Crippen molar-refractivity contribution in [1.82, 2.24) is 4.90 Å². The van der Waals surface area contributed by atoms with Crippen molar-refractivity contribution in [2.45, 2.75) is 19.6 Å². The lowest BCUT2D eigenvalue weighted by Gasteiger charge is -2.23. The van der Waals surface area contributed by atoms with Crippen molar-refractivity contribution >= 4 is 17.8 Å². The van der Waals surface area contributed by atoms with Gasteiger partial charge in [0, 0.05) is 12.2 Å². The summed E-state index contributed by atoms with van der Waals surface area (Å²) >= 11 is 0. The van der Waals surface area contributed by atoms with Crippen LogP contribution in [0.1, 0.15) is 23.8 Å². The third kappa shape index (κ3) is 6.01. The van der Waals surface area contributed by atoms with Crippen LogP contribution in [-0.2, 0) is 12.7 Å². The molecular formula is C23H21F3N2O2. The highest BCUT2D eigenvalue weighted by Gasteiger charge is 2.30. The van der Waals surface area contributed by atoms with Gasteiger partial charge in [0.15, 0.2) is 0 Å². The van der Waals surface area contributed by atoms with Gasteiger partial charge in [0.05, 0.1) is 18.4 Å². The first kappa shape index (κ1) is 21.2. The smallest absolute Gasteiger partial charge is 0.416 e. The number of hydrogen-bond acceptors (Lipinski definition) is 2. The fourth-order valence-corrected chi connectivity index (χ4v) is 2.95. The molecule has 2 amide bonds. The highest BCUT2D eigenvalue weighted by atomic mass is 19.4. The molecule has 0 aliphatic carbocycles. The van der Waals surface area contributed by atoms with Crippen LogP contribution in [0.25, 0.3) is 6.08 Å². The van der Waals surface area contributed by atoms with Crippen LogP contribution in [0.5, 0.6) is 0 Å². The summed E-state index contributed by atoms with van der Waals surface area (Å²) < 4.78 is 44.2. The van der Waals surface area contributed by atoms with Gasteiger partial charge in [-0.3, -0.25) is 0 Å². The molecule has 30 heavy (non-hydrogen) atoms. The van der Waals surface area contributed by atoms with Crippen LogP contribution in [0, 0.1) is 0 Å². The molecule has 2 aromatic carbocycles. The molecule has 7 heteroatoms. The van der Waals surface area contributed by atoms with E-state index in [2.05, 4.69) is 5.32 Å². The van der Waals surface area contributed by atoms with E-state index in [0.717, 1.165) is 23.3 Å². The maximum Gasteiger partial charge on any atom is 0.416 e. The van der Waals surface area contributed by atoms with Crippen LogP contribution < -0.4 is 5.32 Å². The summed E-state index contributed by atoms with van der Waals surface area (Å²) in [7, 11) is 0. The molecule has 0 fully saturated rings. The van der Waals surface area contributed by atoms with Gasteiger partial charge in [0.1, 0.15) is 5.76 Å². The molecule has 1 aromatic heterocycles. The Morgan fingerprint density at radius 3 is 2.50 bits per heavy atom. The van der Waals surface area contributed by atoms with Crippen LogP contribution in [0.4, 0.5) is 23.7 Å². The van der Waals surface area contributed by atoms with E-state index < -0.39 is 17.8 Å². The molecule has 0 radical (unpaired) electrons. The minimum Gasteiger partial charge on any atom is -0.467 e. The Bertz CT molecular complexity index is 997. The number of nitrogens with zero attached hydrogens (tertiary/aromatic N) is 1. The summed E-state index contributed by atoms with van der Waals surface area (Å²) in [6.45, 7) is 2.35. The van der Waals surface area contributed by atoms with Crippen molar-refractivity contribution < 1.29 is 22.4 Å². The van der Waals surface area contributed by atoms with E-state index in [9.17, 15) is 18.0 Å². The predicted molar refractivity (Wildman–Crippen MR) is 110 cm³/mol. The lowest BCUT2D eigenvalue weighted by molar-refractivity contribution is -0.137. The topological polar surface area (TPSA) is 45.5 Å². The first-order valence-electron chi connectivity index (χ1n) is 9.29. The van der Waals surface area contributed by atoms with Gasteiger partial charge in [-0.25, -0.2) is 4.79 Å². The van der Waals surface area contributed by atoms with Crippen LogP contribution >= 0.6 is 0 Å². The van der Waals surface area contributed by atoms with E-state index >= 15 is 0 Å². The van der Waals surface area contributed by atoms with Gasteiger partial charge in [-0.2, -0.15) is 13.2 Å². The lowest BCUT2D eigenvalue weighted by Crippen LogP contribution is -2.35. The van der Waals surface area contributed by atoms with Crippen molar-refractivity contribution in [2.24, 2.45) is 0 Å². The van der Waals surface area contributed by atoms with E-state index in [1.807, 2.05) is 43.3 Å². The lowest BCUT2D eigenvalue weighted by atomic mass is 10.1. The average molecular weight is 414 g/mol. The Labute approximate surface area is 172 Å². The van der Waals surface area contributed by atoms with Crippen molar-refractivity contribution in [3.05, 3.63) is 95.5 Å². The molecule has 0 spiro atoms. The molecular weight excluding hydrogens is 393 g/mol. The third-order valence-corrected chi connectivity index (χ3v) is 4.31. The second-order valence-electron chi connectivity index (χ2n) is 6.85. The molecule has 1 heterocycles. The largest absolute Gasteiger partial charge is 0.467 e. The quantitative estimate of drug-likeness (QED) is 0.505. The molecule has 0 aliphatic rings. The Kier molecular flexibility index (Phi) is 6.61. The molecule has 0 unspecified atom stereocenters. The van der Waals surface area contributed by atoms with E-state index in [-0.39, 0.29) is 18.8 Å². The maximum atomic E-state index is 13.0. The number of rotatable bonds is 6. The first-order valence-corrected chi connectivity index (χ1v) is 9.29. The fourth-order valence-electron chi connectivity index (χ4n) is 2.95. The van der Waals surface area contributed by atoms with Crippen LogP contribution in [0.15, 0.2) is 83.0 Å². The van der Waals surface area contributed by atoms with Gasteiger partial charge in [-0.15, -0.1) is 0 Å². The summed E-state index contributed by atoms with van der Waals surface area (Å²) in [5.74, 6) is 0.571. The number of carbonyl (C=O) groups is 1. The normalized spacial score (nSPS) is 11.9. The summed E-state index contributed by atoms with van der Waals surface area (Å²) in [6.07, 6.45) is -1.03. The van der Waals surface area contributed by atoms with E-state index in [0.29, 0.717) is 5.76 Å². The van der Waals surface area contributed by atoms with Crippen LogP contribution in [-0.4, -0.2) is 17.5 Å². The predicted octanol–water partition coefficient (Wildman–Crippen LogP) is 6.44. The molecule has 3 aromatic rings. The first-order chi connectivity index (χ1) is 14.3. The minimum atomic E-state index is -4.48. The number of hydrogen-bond donors (Lipinski definition) is 1. The number of nitrogens with one attached hydrogen (secondary N) is 1. The Hall–Kier alpha value is -3.48. The second-order valence-corrected chi connectivity index (χ2v) is 6.85. The standard InChI is InChI=1S/C23H21F3N2O2/c1-17(13-18-7-3-2-4-8-18)15-28(16-21-11-6-12-30-21)22(29)27-20-10-5-9-19(14-20)23(24,25)26/h2-14H,15-16H2,1H3,(H,27,29). The summed E-state index contributed by atoms with van der Waals surface area (Å²) in [4.78, 5) is 14.3. The monoisotopic (exact) mass is 414 g/mol. The number of anilines is 1. The van der Waals surface area contributed by atoms with Crippen molar-refractivity contribution in [3.8, 4) is 0 Å². The summed E-state index contributed by atoms with van der Waals surface area (Å²) in [5, 5.41) is 2.55. The number of urea groups is 1. The molecule has 4 nitrogen and oxygen atoms in total. The zero-order valence-electron chi connectivity index (χ0n) is 16.3. The molecule has 0 bridgehead atoms. The van der Waals surface area contributed by atoms with E-state index in [1.165, 1.54) is 23.3 Å². The molecule has 3 rings (SSSR count). The van der Waals surface area contributed by atoms with Crippen molar-refractivity contribution in [3.63, 3.8) is 0 Å². The van der Waals surface area contributed by atoms with Gasteiger partial charge in [-0.1, -0.05) is 48.0 Å². The molecule has 0 aliphatic heterocycles. The zero-order chi connectivity index (χ0) is 21.6. The zero-order valence-corrected chi connectivity index (χ0v) is 16.3. The van der Waals surface area contributed by atoms with E-state index in [4.69, 9.17) is 4.42 Å². The second kappa shape index (κ2) is 9.35. The van der Waals surface area contributed by atoms with Gasteiger partial charge >= 0.3 is 12.2 Å². The number of furan rings is 1. The van der Waals surface area contributed by atoms with Crippen LogP contribution in [0.3, 0.4) is 0 Å². The molecule has 156 valence electrons. The van der Waals surface area contributed by atoms with Gasteiger partial charge < -0.3 is 14.6 Å². The number of benzene rings is 2. The number of alkyl halides is 3. The van der Waals surface area contributed by atoms with Gasteiger partial charge in [-0.05, 0) is 42.8 Å². The van der Waals surface area contributed by atoms with Crippen molar-refractivity contribution in [2.75, 3.05) is 11.9 Å². The Morgan fingerprint density at radius 1 is 1.07 bits per heavy atom. The fraction of sp³-hybridized carbons (Fsp3) is 0.174. The molecule has 0 saturated carbocycles. The van der Waals surface area contributed by atoms with E-state index in [1.54, 1.807) is 12.1 Å². The van der Waals surface area contributed by atoms with Crippen LogP contribution in [0.2, 0.25) is 0 Å². The van der Waals surface area contributed by atoms with Gasteiger partial charge in [0.25, 0.3) is 0 Å².